The van der Waals surface area contributed by atoms with Crippen molar-refractivity contribution in [2.45, 2.75) is 0 Å². The van der Waals surface area contributed by atoms with Crippen LogP contribution in [-0.2, 0) is 16.6 Å². The Morgan fingerprint density at radius 2 is 2.13 bits per heavy atom. The molecule has 0 aliphatic carbocycles. The standard InChI is InChI=1S/C9H10NO3PS/c11-9(12)6-10(7-14-15)13-8-4-2-1-3-5-8/h1-5H,6-7H2,(H,11,12)/p+1. The minimum absolute atomic E-state index is 0.168. The van der Waals surface area contributed by atoms with E-state index in [1.54, 1.807) is 12.1 Å². The van der Waals surface area contributed by atoms with Crippen LogP contribution in [0, 0.1) is 0 Å². The van der Waals surface area contributed by atoms with E-state index in [1.807, 2.05) is 18.2 Å². The number of rotatable bonds is 6. The van der Waals surface area contributed by atoms with Gasteiger partial charge in [0.05, 0.1) is 0 Å². The second-order valence-corrected chi connectivity index (χ2v) is 4.21. The summed E-state index contributed by atoms with van der Waals surface area (Å²) in [6, 6.07) is 9.04. The lowest BCUT2D eigenvalue weighted by Crippen LogP contribution is -2.31. The Balaban J connectivity index is 2.58. The van der Waals surface area contributed by atoms with Crippen LogP contribution in [-0.4, -0.2) is 29.0 Å². The van der Waals surface area contributed by atoms with Gasteiger partial charge in [-0.15, -0.1) is 0 Å². The number of aliphatic carboxylic acids is 1. The zero-order valence-electron chi connectivity index (χ0n) is 7.92. The van der Waals surface area contributed by atoms with E-state index in [4.69, 9.17) is 21.8 Å². The number of hydroxylamine groups is 2. The van der Waals surface area contributed by atoms with Crippen LogP contribution >= 0.6 is 7.36 Å². The van der Waals surface area contributed by atoms with Crippen LogP contribution in [0.3, 0.4) is 0 Å². The highest BCUT2D eigenvalue weighted by Crippen LogP contribution is 2.11. The fourth-order valence-electron chi connectivity index (χ4n) is 0.974. The van der Waals surface area contributed by atoms with E-state index in [0.29, 0.717) is 12.0 Å². The lowest BCUT2D eigenvalue weighted by Gasteiger charge is -2.15. The van der Waals surface area contributed by atoms with Gasteiger partial charge in [-0.2, -0.15) is 0 Å². The molecule has 0 saturated carbocycles. The van der Waals surface area contributed by atoms with Crippen LogP contribution in [0.1, 0.15) is 0 Å². The Morgan fingerprint density at radius 1 is 1.47 bits per heavy atom. The first-order valence-electron chi connectivity index (χ1n) is 4.27. The average molecular weight is 244 g/mol. The molecular weight excluding hydrogens is 233 g/mol. The molecular formula is C9H11NO3PS+. The molecule has 0 aliphatic heterocycles. The molecule has 0 saturated heterocycles. The number of carboxylic acid groups (broad SMARTS) is 1. The van der Waals surface area contributed by atoms with Crippen molar-refractivity contribution < 1.29 is 14.7 Å². The Labute approximate surface area is 94.3 Å². The summed E-state index contributed by atoms with van der Waals surface area (Å²) in [6.07, 6.45) is 0.441. The molecule has 1 aromatic rings. The first-order chi connectivity index (χ1) is 7.22. The molecule has 1 atom stereocenters. The van der Waals surface area contributed by atoms with Gasteiger partial charge in [0.1, 0.15) is 12.3 Å². The van der Waals surface area contributed by atoms with Crippen LogP contribution < -0.4 is 4.84 Å². The maximum Gasteiger partial charge on any atom is 0.321 e. The molecule has 0 spiro atoms. The van der Waals surface area contributed by atoms with Gasteiger partial charge >= 0.3 is 5.97 Å². The van der Waals surface area contributed by atoms with Gasteiger partial charge in [-0.3, -0.25) is 4.79 Å². The average Bonchev–Trinajstić information content (AvgIpc) is 2.18. The van der Waals surface area contributed by atoms with Crippen molar-refractivity contribution in [1.82, 2.24) is 5.06 Å². The quantitative estimate of drug-likeness (QED) is 0.606. The number of nitrogens with zero attached hydrogens (tertiary/aromatic N) is 1. The molecule has 6 heteroatoms. The smallest absolute Gasteiger partial charge is 0.321 e. The molecule has 0 fully saturated rings. The highest BCUT2D eigenvalue weighted by molar-refractivity contribution is 7.96. The third-order valence-corrected chi connectivity index (χ3v) is 2.40. The Bertz CT molecular complexity index is 333. The Kier molecular flexibility index (Phi) is 5.18. The lowest BCUT2D eigenvalue weighted by atomic mass is 10.3. The Hall–Kier alpha value is -1.03. The fourth-order valence-corrected chi connectivity index (χ4v) is 1.73. The third kappa shape index (κ3) is 4.83. The number of benzene rings is 1. The second-order valence-electron chi connectivity index (χ2n) is 2.74. The first-order valence-corrected chi connectivity index (χ1v) is 6.61. The molecule has 1 aromatic carbocycles. The minimum Gasteiger partial charge on any atom is -0.480 e. The van der Waals surface area contributed by atoms with Gasteiger partial charge in [0.25, 0.3) is 0 Å². The van der Waals surface area contributed by atoms with Crippen molar-refractivity contribution in [3.63, 3.8) is 0 Å². The van der Waals surface area contributed by atoms with Crippen molar-refractivity contribution in [2.24, 2.45) is 0 Å². The molecule has 4 nitrogen and oxygen atoms in total. The van der Waals surface area contributed by atoms with Gasteiger partial charge in [-0.05, 0) is 12.1 Å². The summed E-state index contributed by atoms with van der Waals surface area (Å²) in [5.41, 5.74) is 0. The highest BCUT2D eigenvalue weighted by Gasteiger charge is 2.13. The van der Waals surface area contributed by atoms with Crippen molar-refractivity contribution in [2.75, 3.05) is 12.8 Å². The van der Waals surface area contributed by atoms with Crippen molar-refractivity contribution in [1.29, 1.82) is 0 Å². The maximum atomic E-state index is 10.5. The summed E-state index contributed by atoms with van der Waals surface area (Å²) in [5.74, 6) is -0.314. The molecule has 1 N–H and O–H groups in total. The summed E-state index contributed by atoms with van der Waals surface area (Å²) in [4.78, 5) is 15.9. The normalized spacial score (nSPS) is 10.5. The number of hydrogen-bond donors (Lipinski definition) is 1. The predicted molar refractivity (Wildman–Crippen MR) is 62.0 cm³/mol. The Morgan fingerprint density at radius 3 is 2.67 bits per heavy atom. The molecule has 80 valence electrons. The number of para-hydroxylation sites is 1. The molecule has 0 aromatic heterocycles. The van der Waals surface area contributed by atoms with Gasteiger partial charge in [-0.25, -0.2) is 0 Å². The van der Waals surface area contributed by atoms with E-state index >= 15 is 0 Å². The molecule has 0 heterocycles. The summed E-state index contributed by atoms with van der Waals surface area (Å²) in [6.45, 7) is -0.168. The number of carbonyl (C=O) groups is 1. The van der Waals surface area contributed by atoms with Gasteiger partial charge in [0, 0.05) is 0 Å². The summed E-state index contributed by atoms with van der Waals surface area (Å²) in [5, 5.41) is 9.99. The second kappa shape index (κ2) is 6.45. The van der Waals surface area contributed by atoms with Crippen molar-refractivity contribution in [3.8, 4) is 5.75 Å². The molecule has 0 bridgehead atoms. The molecule has 0 radical (unpaired) electrons. The van der Waals surface area contributed by atoms with E-state index < -0.39 is 5.97 Å². The van der Waals surface area contributed by atoms with Crippen molar-refractivity contribution in [3.05, 3.63) is 30.3 Å². The topological polar surface area (TPSA) is 49.8 Å². The van der Waals surface area contributed by atoms with E-state index in [-0.39, 0.29) is 13.9 Å². The summed E-state index contributed by atoms with van der Waals surface area (Å²) >= 11 is 4.81. The monoisotopic (exact) mass is 244 g/mol. The van der Waals surface area contributed by atoms with Crippen LogP contribution in [0.2, 0.25) is 0 Å². The van der Waals surface area contributed by atoms with Crippen molar-refractivity contribution >= 4 is 25.1 Å². The van der Waals surface area contributed by atoms with Crippen LogP contribution in [0.5, 0.6) is 5.75 Å². The molecule has 0 amide bonds. The van der Waals surface area contributed by atoms with Gasteiger partial charge in [0.15, 0.2) is 19.2 Å². The molecule has 15 heavy (non-hydrogen) atoms. The largest absolute Gasteiger partial charge is 0.480 e. The summed E-state index contributed by atoms with van der Waals surface area (Å²) < 4.78 is 0. The van der Waals surface area contributed by atoms with Crippen LogP contribution in [0.25, 0.3) is 0 Å². The third-order valence-electron chi connectivity index (χ3n) is 1.53. The zero-order chi connectivity index (χ0) is 11.1. The maximum absolute atomic E-state index is 10.5. The van der Waals surface area contributed by atoms with Crippen LogP contribution in [0.4, 0.5) is 0 Å². The molecule has 0 aliphatic rings. The predicted octanol–water partition coefficient (Wildman–Crippen LogP) is 1.46. The van der Waals surface area contributed by atoms with E-state index in [9.17, 15) is 4.79 Å². The lowest BCUT2D eigenvalue weighted by molar-refractivity contribution is -0.146. The van der Waals surface area contributed by atoms with E-state index in [0.717, 1.165) is 0 Å². The molecule has 1 rings (SSSR count). The van der Waals surface area contributed by atoms with E-state index in [2.05, 4.69) is 0 Å². The highest BCUT2D eigenvalue weighted by atomic mass is 32.4. The fraction of sp³-hybridized carbons (Fsp3) is 0.222. The summed E-state index contributed by atoms with van der Waals surface area (Å²) in [7, 11) is 0.210. The minimum atomic E-state index is -0.931. The zero-order valence-corrected chi connectivity index (χ0v) is 9.74. The first kappa shape index (κ1) is 12.0. The van der Waals surface area contributed by atoms with Gasteiger partial charge in [-0.1, -0.05) is 23.3 Å². The SMILES string of the molecule is O=C(O)CN(C[PH+]=S)Oc1ccccc1. The van der Waals surface area contributed by atoms with Crippen LogP contribution in [0.15, 0.2) is 30.3 Å². The van der Waals surface area contributed by atoms with Gasteiger partial charge in [0.2, 0.25) is 6.29 Å². The number of carboxylic acids is 1. The van der Waals surface area contributed by atoms with Gasteiger partial charge < -0.3 is 9.94 Å². The molecule has 1 unspecified atom stereocenters. The van der Waals surface area contributed by atoms with E-state index in [1.165, 1.54) is 5.06 Å². The number of hydrogen-bond acceptors (Lipinski definition) is 4.